The molecule has 0 aromatic carbocycles. The van der Waals surface area contributed by atoms with E-state index in [1.165, 1.54) is 12.8 Å². The Morgan fingerprint density at radius 1 is 1.29 bits per heavy atom. The summed E-state index contributed by atoms with van der Waals surface area (Å²) in [5.41, 5.74) is 0. The van der Waals surface area contributed by atoms with E-state index in [1.54, 1.807) is 0 Å². The number of piperidine rings is 1. The summed E-state index contributed by atoms with van der Waals surface area (Å²) in [5, 5.41) is 6.42. The Labute approximate surface area is 129 Å². The Bertz CT molecular complexity index is 279. The molecule has 2 N–H and O–H groups in total. The number of likely N-dealkylation sites (tertiary alicyclic amines) is 1. The molecule has 0 saturated carbocycles. The quantitative estimate of drug-likeness (QED) is 0.596. The third kappa shape index (κ3) is 7.79. The van der Waals surface area contributed by atoms with Gasteiger partial charge in [0.25, 0.3) is 0 Å². The topological polar surface area (TPSA) is 53.6 Å². The number of amides is 1. The van der Waals surface area contributed by atoms with Crippen molar-refractivity contribution in [2.45, 2.75) is 46.1 Å². The lowest BCUT2D eigenvalue weighted by Crippen LogP contribution is -2.43. The molecule has 1 saturated heterocycles. The Hall–Kier alpha value is -0.650. The molecule has 1 rings (SSSR count). The Morgan fingerprint density at radius 2 is 2.00 bits per heavy atom. The van der Waals surface area contributed by atoms with Crippen molar-refractivity contribution < 1.29 is 9.53 Å². The van der Waals surface area contributed by atoms with Crippen LogP contribution < -0.4 is 10.6 Å². The summed E-state index contributed by atoms with van der Waals surface area (Å²) in [7, 11) is 0. The Kier molecular flexibility index (Phi) is 9.63. The number of ether oxygens (including phenoxy) is 1. The molecule has 0 aromatic heterocycles. The maximum atomic E-state index is 11.6. The highest BCUT2D eigenvalue weighted by Gasteiger charge is 2.17. The largest absolute Gasteiger partial charge is 0.378 e. The van der Waals surface area contributed by atoms with Gasteiger partial charge < -0.3 is 20.3 Å². The van der Waals surface area contributed by atoms with Gasteiger partial charge in [0, 0.05) is 25.0 Å². The molecule has 124 valence electrons. The number of rotatable bonds is 10. The van der Waals surface area contributed by atoms with E-state index in [4.69, 9.17) is 4.74 Å². The first-order valence-electron chi connectivity index (χ1n) is 8.48. The van der Waals surface area contributed by atoms with Crippen molar-refractivity contribution in [1.82, 2.24) is 15.5 Å². The molecule has 21 heavy (non-hydrogen) atoms. The van der Waals surface area contributed by atoms with Crippen molar-refractivity contribution in [3.05, 3.63) is 0 Å². The Balaban J connectivity index is 1.94. The van der Waals surface area contributed by atoms with Gasteiger partial charge in [-0.3, -0.25) is 4.79 Å². The maximum absolute atomic E-state index is 11.6. The molecule has 5 heteroatoms. The molecule has 1 atom stereocenters. The van der Waals surface area contributed by atoms with Gasteiger partial charge in [0.2, 0.25) is 5.91 Å². The highest BCUT2D eigenvalue weighted by atomic mass is 16.5. The van der Waals surface area contributed by atoms with E-state index in [9.17, 15) is 4.79 Å². The normalized spacial score (nSPS) is 18.6. The van der Waals surface area contributed by atoms with Gasteiger partial charge in [-0.1, -0.05) is 20.8 Å². The van der Waals surface area contributed by atoms with E-state index >= 15 is 0 Å². The Morgan fingerprint density at radius 3 is 2.62 bits per heavy atom. The summed E-state index contributed by atoms with van der Waals surface area (Å²) in [5.74, 6) is 0.231. The van der Waals surface area contributed by atoms with E-state index in [1.807, 2.05) is 13.8 Å². The maximum Gasteiger partial charge on any atom is 0.222 e. The summed E-state index contributed by atoms with van der Waals surface area (Å²) < 4.78 is 5.60. The van der Waals surface area contributed by atoms with Gasteiger partial charge in [0.1, 0.15) is 0 Å². The molecule has 1 heterocycles. The average Bonchev–Trinajstić information content (AvgIpc) is 2.51. The molecule has 0 aliphatic carbocycles. The average molecular weight is 299 g/mol. The van der Waals surface area contributed by atoms with Crippen LogP contribution in [0.1, 0.15) is 40.0 Å². The second-order valence-corrected chi connectivity index (χ2v) is 5.89. The number of hydrogen-bond donors (Lipinski definition) is 2. The minimum atomic E-state index is 0.100. The first-order chi connectivity index (χ1) is 10.2. The number of nitrogens with zero attached hydrogens (tertiary/aromatic N) is 1. The third-order valence-corrected chi connectivity index (χ3v) is 4.24. The van der Waals surface area contributed by atoms with Gasteiger partial charge in [0.05, 0.1) is 13.2 Å². The zero-order valence-electron chi connectivity index (χ0n) is 14.0. The number of carbonyl (C=O) groups excluding carboxylic acids is 1. The number of hydrogen-bond acceptors (Lipinski definition) is 4. The summed E-state index contributed by atoms with van der Waals surface area (Å²) in [6, 6.07) is 0.697. The predicted molar refractivity (Wildman–Crippen MR) is 86.4 cm³/mol. The van der Waals surface area contributed by atoms with E-state index in [-0.39, 0.29) is 11.8 Å². The molecule has 0 aromatic rings. The highest BCUT2D eigenvalue weighted by molar-refractivity contribution is 5.78. The minimum Gasteiger partial charge on any atom is -0.378 e. The molecule has 0 radical (unpaired) electrons. The molecule has 1 unspecified atom stereocenters. The number of carbonyl (C=O) groups is 1. The fourth-order valence-electron chi connectivity index (χ4n) is 2.55. The van der Waals surface area contributed by atoms with Gasteiger partial charge >= 0.3 is 0 Å². The summed E-state index contributed by atoms with van der Waals surface area (Å²) in [6.45, 7) is 12.5. The van der Waals surface area contributed by atoms with Crippen molar-refractivity contribution in [2.75, 3.05) is 45.9 Å². The van der Waals surface area contributed by atoms with E-state index in [2.05, 4.69) is 22.5 Å². The van der Waals surface area contributed by atoms with Crippen LogP contribution in [-0.2, 0) is 9.53 Å². The molecule has 0 bridgehead atoms. The van der Waals surface area contributed by atoms with Gasteiger partial charge in [-0.25, -0.2) is 0 Å². The van der Waals surface area contributed by atoms with Crippen LogP contribution >= 0.6 is 0 Å². The molecule has 5 nitrogen and oxygen atoms in total. The van der Waals surface area contributed by atoms with Crippen LogP contribution in [0.2, 0.25) is 0 Å². The molecule has 1 fully saturated rings. The highest BCUT2D eigenvalue weighted by Crippen LogP contribution is 2.09. The van der Waals surface area contributed by atoms with Crippen molar-refractivity contribution >= 4 is 5.91 Å². The van der Waals surface area contributed by atoms with Crippen LogP contribution in [0.25, 0.3) is 0 Å². The first kappa shape index (κ1) is 18.4. The SMILES string of the molecule is CCNC1CCN(CCOCCNC(=O)C(C)CC)CC1. The number of nitrogens with one attached hydrogen (secondary N) is 2. The van der Waals surface area contributed by atoms with E-state index in [0.717, 1.165) is 39.2 Å². The van der Waals surface area contributed by atoms with Crippen molar-refractivity contribution in [2.24, 2.45) is 5.92 Å². The third-order valence-electron chi connectivity index (χ3n) is 4.24. The van der Waals surface area contributed by atoms with Gasteiger partial charge in [-0.2, -0.15) is 0 Å². The van der Waals surface area contributed by atoms with Crippen molar-refractivity contribution in [3.63, 3.8) is 0 Å². The molecule has 0 spiro atoms. The lowest BCUT2D eigenvalue weighted by atomic mass is 10.1. The molecule has 1 aliphatic rings. The van der Waals surface area contributed by atoms with E-state index in [0.29, 0.717) is 19.2 Å². The monoisotopic (exact) mass is 299 g/mol. The predicted octanol–water partition coefficient (Wildman–Crippen LogP) is 1.24. The molecule has 1 amide bonds. The second kappa shape index (κ2) is 11.0. The lowest BCUT2D eigenvalue weighted by Gasteiger charge is -2.32. The van der Waals surface area contributed by atoms with Gasteiger partial charge in [-0.15, -0.1) is 0 Å². The standard InChI is InChI=1S/C16H33N3O2/c1-4-14(3)16(20)18-8-12-21-13-11-19-9-6-15(7-10-19)17-5-2/h14-15,17H,4-13H2,1-3H3,(H,18,20). The minimum absolute atomic E-state index is 0.100. The summed E-state index contributed by atoms with van der Waals surface area (Å²) in [4.78, 5) is 14.0. The van der Waals surface area contributed by atoms with Gasteiger partial charge in [-0.05, 0) is 38.9 Å². The zero-order valence-corrected chi connectivity index (χ0v) is 14.0. The molecular weight excluding hydrogens is 266 g/mol. The van der Waals surface area contributed by atoms with E-state index < -0.39 is 0 Å². The summed E-state index contributed by atoms with van der Waals surface area (Å²) in [6.07, 6.45) is 3.35. The van der Waals surface area contributed by atoms with Crippen molar-refractivity contribution in [1.29, 1.82) is 0 Å². The lowest BCUT2D eigenvalue weighted by molar-refractivity contribution is -0.124. The molecular formula is C16H33N3O2. The van der Waals surface area contributed by atoms with Gasteiger partial charge in [0.15, 0.2) is 0 Å². The zero-order chi connectivity index (χ0) is 15.5. The van der Waals surface area contributed by atoms with Crippen LogP contribution in [0.3, 0.4) is 0 Å². The van der Waals surface area contributed by atoms with Crippen LogP contribution in [-0.4, -0.2) is 62.8 Å². The second-order valence-electron chi connectivity index (χ2n) is 5.89. The van der Waals surface area contributed by atoms with Crippen LogP contribution in [0.5, 0.6) is 0 Å². The van der Waals surface area contributed by atoms with Crippen LogP contribution in [0.15, 0.2) is 0 Å². The fourth-order valence-corrected chi connectivity index (χ4v) is 2.55. The fraction of sp³-hybridized carbons (Fsp3) is 0.938. The van der Waals surface area contributed by atoms with Crippen LogP contribution in [0, 0.1) is 5.92 Å². The smallest absolute Gasteiger partial charge is 0.222 e. The first-order valence-corrected chi connectivity index (χ1v) is 8.48. The van der Waals surface area contributed by atoms with Crippen LogP contribution in [0.4, 0.5) is 0 Å². The summed E-state index contributed by atoms with van der Waals surface area (Å²) >= 11 is 0. The van der Waals surface area contributed by atoms with Crippen molar-refractivity contribution in [3.8, 4) is 0 Å². The molecule has 1 aliphatic heterocycles.